The fourth-order valence-corrected chi connectivity index (χ4v) is 3.89. The first kappa shape index (κ1) is 15.3. The number of anilines is 1. The van der Waals surface area contributed by atoms with E-state index < -0.39 is 0 Å². The lowest BCUT2D eigenvalue weighted by Gasteiger charge is -2.18. The van der Waals surface area contributed by atoms with Crippen LogP contribution in [0.2, 0.25) is 0 Å². The summed E-state index contributed by atoms with van der Waals surface area (Å²) in [5.74, 6) is 0.731. The van der Waals surface area contributed by atoms with E-state index in [1.807, 2.05) is 12.1 Å². The maximum Gasteiger partial charge on any atom is 0.251 e. The fourth-order valence-electron chi connectivity index (χ4n) is 3.89. The lowest BCUT2D eigenvalue weighted by Crippen LogP contribution is -2.28. The van der Waals surface area contributed by atoms with Gasteiger partial charge < -0.3 is 10.2 Å². The van der Waals surface area contributed by atoms with E-state index in [4.69, 9.17) is 0 Å². The molecule has 1 saturated carbocycles. The largest absolute Gasteiger partial charge is 0.363 e. The van der Waals surface area contributed by atoms with Gasteiger partial charge in [0.25, 0.3) is 5.91 Å². The number of carbonyl (C=O) groups is 1. The number of carbonyl (C=O) groups excluding carboxylic acids is 1. The molecule has 2 aliphatic rings. The normalized spacial score (nSPS) is 17.1. The minimum Gasteiger partial charge on any atom is -0.363 e. The molecule has 24 heavy (non-hydrogen) atoms. The van der Waals surface area contributed by atoms with Gasteiger partial charge in [-0.3, -0.25) is 4.79 Å². The van der Waals surface area contributed by atoms with Crippen LogP contribution in [-0.4, -0.2) is 12.5 Å². The van der Waals surface area contributed by atoms with Crippen LogP contribution >= 0.6 is 0 Å². The van der Waals surface area contributed by atoms with Crippen LogP contribution in [0.4, 0.5) is 5.69 Å². The highest BCUT2D eigenvalue weighted by molar-refractivity contribution is 5.94. The molecule has 3 nitrogen and oxygen atoms in total. The van der Waals surface area contributed by atoms with Gasteiger partial charge >= 0.3 is 0 Å². The molecule has 1 aliphatic heterocycles. The molecule has 1 N–H and O–H groups in total. The summed E-state index contributed by atoms with van der Waals surface area (Å²) < 4.78 is 0. The minimum absolute atomic E-state index is 0.0539. The van der Waals surface area contributed by atoms with E-state index in [0.29, 0.717) is 5.92 Å². The molecule has 0 unspecified atom stereocenters. The molecule has 0 radical (unpaired) electrons. The van der Waals surface area contributed by atoms with Gasteiger partial charge in [0.1, 0.15) is 0 Å². The molecular weight excluding hydrogens is 296 g/mol. The maximum atomic E-state index is 12.3. The summed E-state index contributed by atoms with van der Waals surface area (Å²) in [6, 6.07) is 16.6. The molecule has 2 aromatic carbocycles. The summed E-state index contributed by atoms with van der Waals surface area (Å²) in [5.41, 5.74) is 4.73. The smallest absolute Gasteiger partial charge is 0.251 e. The highest BCUT2D eigenvalue weighted by atomic mass is 16.1. The van der Waals surface area contributed by atoms with Gasteiger partial charge in [0.05, 0.1) is 0 Å². The summed E-state index contributed by atoms with van der Waals surface area (Å²) >= 11 is 0. The van der Waals surface area contributed by atoms with Crippen LogP contribution in [0.5, 0.6) is 0 Å². The summed E-state index contributed by atoms with van der Waals surface area (Å²) in [7, 11) is 0. The Kier molecular flexibility index (Phi) is 4.24. The number of hydrogen-bond acceptors (Lipinski definition) is 2. The Morgan fingerprint density at radius 3 is 2.21 bits per heavy atom. The number of amides is 1. The highest BCUT2D eigenvalue weighted by Crippen LogP contribution is 2.28. The molecule has 0 aromatic heterocycles. The quantitative estimate of drug-likeness (QED) is 0.919. The van der Waals surface area contributed by atoms with E-state index >= 15 is 0 Å². The van der Waals surface area contributed by atoms with Crippen LogP contribution in [-0.2, 0) is 13.1 Å². The second-order valence-corrected chi connectivity index (χ2v) is 7.03. The Labute approximate surface area is 143 Å². The number of nitrogens with zero attached hydrogens (tertiary/aromatic N) is 1. The molecule has 0 saturated heterocycles. The second kappa shape index (κ2) is 6.68. The van der Waals surface area contributed by atoms with Gasteiger partial charge in [0.15, 0.2) is 0 Å². The Bertz CT molecular complexity index is 692. The van der Waals surface area contributed by atoms with E-state index in [2.05, 4.69) is 46.6 Å². The van der Waals surface area contributed by atoms with Crippen molar-refractivity contribution in [2.75, 3.05) is 11.4 Å². The van der Waals surface area contributed by atoms with Crippen molar-refractivity contribution in [2.24, 2.45) is 5.92 Å². The Morgan fingerprint density at radius 1 is 0.958 bits per heavy atom. The van der Waals surface area contributed by atoms with Crippen molar-refractivity contribution >= 4 is 11.6 Å². The van der Waals surface area contributed by atoms with E-state index in [1.165, 1.54) is 42.5 Å². The molecular formula is C21H24N2O. The molecule has 0 spiro atoms. The number of benzene rings is 2. The first-order valence-electron chi connectivity index (χ1n) is 8.99. The summed E-state index contributed by atoms with van der Waals surface area (Å²) in [4.78, 5) is 14.6. The maximum absolute atomic E-state index is 12.3. The Balaban J connectivity index is 1.37. The average Bonchev–Trinajstić information content (AvgIpc) is 3.29. The van der Waals surface area contributed by atoms with Crippen molar-refractivity contribution in [3.05, 3.63) is 65.2 Å². The van der Waals surface area contributed by atoms with Crippen molar-refractivity contribution in [1.29, 1.82) is 0 Å². The first-order chi connectivity index (χ1) is 11.8. The zero-order valence-corrected chi connectivity index (χ0v) is 14.0. The van der Waals surface area contributed by atoms with Crippen LogP contribution < -0.4 is 10.2 Å². The van der Waals surface area contributed by atoms with Crippen LogP contribution in [0.1, 0.15) is 47.2 Å². The molecule has 2 aromatic rings. The molecule has 0 bridgehead atoms. The molecule has 1 amide bonds. The van der Waals surface area contributed by atoms with Crippen LogP contribution in [0.3, 0.4) is 0 Å². The number of fused-ring (bicyclic) bond motifs is 1. The van der Waals surface area contributed by atoms with Crippen LogP contribution in [0, 0.1) is 5.92 Å². The monoisotopic (exact) mass is 320 g/mol. The van der Waals surface area contributed by atoms with Gasteiger partial charge in [0, 0.05) is 30.9 Å². The topological polar surface area (TPSA) is 32.3 Å². The van der Waals surface area contributed by atoms with Gasteiger partial charge in [-0.05, 0) is 54.2 Å². The standard InChI is InChI=1S/C21H24N2O/c24-21(22-13-16-5-1-2-6-16)17-9-11-20(12-10-17)23-14-18-7-3-4-8-19(18)15-23/h3-4,7-12,16H,1-2,5-6,13-15H2,(H,22,24). The van der Waals surface area contributed by atoms with E-state index in [0.717, 1.165) is 25.2 Å². The first-order valence-corrected chi connectivity index (χ1v) is 8.99. The summed E-state index contributed by atoms with van der Waals surface area (Å²) in [6.07, 6.45) is 5.14. The van der Waals surface area contributed by atoms with Crippen molar-refractivity contribution in [3.63, 3.8) is 0 Å². The van der Waals surface area contributed by atoms with Gasteiger partial charge in [-0.15, -0.1) is 0 Å². The van der Waals surface area contributed by atoms with E-state index in [-0.39, 0.29) is 5.91 Å². The van der Waals surface area contributed by atoms with Gasteiger partial charge in [-0.2, -0.15) is 0 Å². The Morgan fingerprint density at radius 2 is 1.58 bits per heavy atom. The predicted octanol–water partition coefficient (Wildman–Crippen LogP) is 4.13. The molecule has 1 aliphatic carbocycles. The molecule has 4 rings (SSSR count). The lowest BCUT2D eigenvalue weighted by molar-refractivity contribution is 0.0947. The van der Waals surface area contributed by atoms with E-state index in [9.17, 15) is 4.79 Å². The zero-order chi connectivity index (χ0) is 16.4. The fraction of sp³-hybridized carbons (Fsp3) is 0.381. The van der Waals surface area contributed by atoms with Gasteiger partial charge in [-0.25, -0.2) is 0 Å². The summed E-state index contributed by atoms with van der Waals surface area (Å²) in [6.45, 7) is 2.72. The molecule has 124 valence electrons. The van der Waals surface area contributed by atoms with E-state index in [1.54, 1.807) is 0 Å². The third kappa shape index (κ3) is 3.16. The number of nitrogens with one attached hydrogen (secondary N) is 1. The van der Waals surface area contributed by atoms with Crippen LogP contribution in [0.25, 0.3) is 0 Å². The third-order valence-electron chi connectivity index (χ3n) is 5.36. The van der Waals surface area contributed by atoms with Crippen molar-refractivity contribution in [3.8, 4) is 0 Å². The number of hydrogen-bond donors (Lipinski definition) is 1. The second-order valence-electron chi connectivity index (χ2n) is 7.03. The predicted molar refractivity (Wildman–Crippen MR) is 97.1 cm³/mol. The lowest BCUT2D eigenvalue weighted by atomic mass is 10.1. The van der Waals surface area contributed by atoms with Crippen LogP contribution in [0.15, 0.2) is 48.5 Å². The molecule has 1 heterocycles. The summed E-state index contributed by atoms with van der Waals surface area (Å²) in [5, 5.41) is 3.09. The minimum atomic E-state index is 0.0539. The van der Waals surface area contributed by atoms with Gasteiger partial charge in [0.2, 0.25) is 0 Å². The highest BCUT2D eigenvalue weighted by Gasteiger charge is 2.19. The average molecular weight is 320 g/mol. The molecule has 3 heteroatoms. The SMILES string of the molecule is O=C(NCC1CCCC1)c1ccc(N2Cc3ccccc3C2)cc1. The van der Waals surface area contributed by atoms with Gasteiger partial charge in [-0.1, -0.05) is 37.1 Å². The Hall–Kier alpha value is -2.29. The molecule has 1 fully saturated rings. The van der Waals surface area contributed by atoms with Crippen molar-refractivity contribution in [2.45, 2.75) is 38.8 Å². The molecule has 0 atom stereocenters. The zero-order valence-electron chi connectivity index (χ0n) is 14.0. The third-order valence-corrected chi connectivity index (χ3v) is 5.36. The number of rotatable bonds is 4. The van der Waals surface area contributed by atoms with Crippen molar-refractivity contribution in [1.82, 2.24) is 5.32 Å². The van der Waals surface area contributed by atoms with Crippen molar-refractivity contribution < 1.29 is 4.79 Å².